The zero-order chi connectivity index (χ0) is 22.0. The fourth-order valence-corrected chi connectivity index (χ4v) is 3.52. The van der Waals surface area contributed by atoms with Gasteiger partial charge in [0.1, 0.15) is 18.1 Å². The van der Waals surface area contributed by atoms with E-state index in [-0.39, 0.29) is 6.61 Å². The number of ether oxygens (including phenoxy) is 2. The van der Waals surface area contributed by atoms with E-state index in [1.165, 1.54) is 0 Å². The molecule has 0 aliphatic rings. The number of nitrogens with zero attached hydrogens (tertiary/aromatic N) is 4. The molecule has 0 bridgehead atoms. The Hall–Kier alpha value is -3.81. The fraction of sp³-hybridized carbons (Fsp3) is 0.261. The molecule has 31 heavy (non-hydrogen) atoms. The number of fused-ring (bicyclic) bond motifs is 1. The fourth-order valence-electron chi connectivity index (χ4n) is 3.52. The molecule has 8 nitrogen and oxygen atoms in total. The topological polar surface area (TPSA) is 83.2 Å². The van der Waals surface area contributed by atoms with Crippen LogP contribution in [-0.2, 0) is 24.9 Å². The molecular weight excluding hydrogens is 394 g/mol. The number of aryl methyl sites for hydroxylation is 3. The smallest absolute Gasteiger partial charge is 0.412 e. The van der Waals surface area contributed by atoms with E-state index in [1.54, 1.807) is 13.4 Å². The van der Waals surface area contributed by atoms with Gasteiger partial charge in [-0.2, -0.15) is 5.10 Å². The average molecular weight is 419 g/mol. The summed E-state index contributed by atoms with van der Waals surface area (Å²) in [5, 5.41) is 7.31. The standard InChI is InChI=1S/C23H25N5O3/c1-5-28-21(18-8-6-15(2)10-22(18)30-4)12-17(26-28)13-31-23(29)25-16-7-9-20-19(11-16)24-14-27(20)3/h6-12,14H,5,13H2,1-4H3,(H,25,29). The second-order valence-corrected chi connectivity index (χ2v) is 7.30. The van der Waals surface area contributed by atoms with Crippen molar-refractivity contribution < 1.29 is 14.3 Å². The summed E-state index contributed by atoms with van der Waals surface area (Å²) < 4.78 is 14.7. The number of hydrogen-bond acceptors (Lipinski definition) is 5. The second-order valence-electron chi connectivity index (χ2n) is 7.30. The molecule has 0 radical (unpaired) electrons. The van der Waals surface area contributed by atoms with Gasteiger partial charge in [0.2, 0.25) is 0 Å². The summed E-state index contributed by atoms with van der Waals surface area (Å²) >= 11 is 0. The normalized spacial score (nSPS) is 11.0. The van der Waals surface area contributed by atoms with Crippen molar-refractivity contribution in [1.29, 1.82) is 0 Å². The summed E-state index contributed by atoms with van der Waals surface area (Å²) in [5.41, 5.74) is 6.06. The van der Waals surface area contributed by atoms with Gasteiger partial charge in [-0.3, -0.25) is 10.00 Å². The Balaban J connectivity index is 1.46. The highest BCUT2D eigenvalue weighted by atomic mass is 16.5. The maximum Gasteiger partial charge on any atom is 0.412 e. The van der Waals surface area contributed by atoms with Crippen LogP contribution in [0, 0.1) is 6.92 Å². The average Bonchev–Trinajstić information content (AvgIpc) is 3.35. The molecule has 1 N–H and O–H groups in total. The van der Waals surface area contributed by atoms with Gasteiger partial charge in [0.25, 0.3) is 0 Å². The number of carbonyl (C=O) groups is 1. The number of carbonyl (C=O) groups excluding carboxylic acids is 1. The van der Waals surface area contributed by atoms with Crippen molar-refractivity contribution in [3.63, 3.8) is 0 Å². The largest absolute Gasteiger partial charge is 0.496 e. The Labute approximate surface area is 180 Å². The lowest BCUT2D eigenvalue weighted by Gasteiger charge is -2.10. The monoisotopic (exact) mass is 419 g/mol. The molecule has 0 saturated carbocycles. The third kappa shape index (κ3) is 4.23. The van der Waals surface area contributed by atoms with Gasteiger partial charge in [-0.15, -0.1) is 0 Å². The van der Waals surface area contributed by atoms with E-state index in [0.29, 0.717) is 17.9 Å². The number of aromatic nitrogens is 4. The van der Waals surface area contributed by atoms with E-state index in [9.17, 15) is 4.79 Å². The number of methoxy groups -OCH3 is 1. The van der Waals surface area contributed by atoms with Crippen molar-refractivity contribution in [3.05, 3.63) is 60.0 Å². The predicted octanol–water partition coefficient (Wildman–Crippen LogP) is 4.52. The molecule has 0 spiro atoms. The molecule has 0 unspecified atom stereocenters. The first-order chi connectivity index (χ1) is 15.0. The molecule has 1 amide bonds. The van der Waals surface area contributed by atoms with E-state index in [1.807, 2.05) is 72.6 Å². The van der Waals surface area contributed by atoms with Crippen molar-refractivity contribution in [2.75, 3.05) is 12.4 Å². The van der Waals surface area contributed by atoms with E-state index in [2.05, 4.69) is 15.4 Å². The molecule has 0 atom stereocenters. The molecule has 2 aromatic heterocycles. The van der Waals surface area contributed by atoms with E-state index >= 15 is 0 Å². The first-order valence-corrected chi connectivity index (χ1v) is 10.0. The maximum atomic E-state index is 12.3. The molecular formula is C23H25N5O3. The lowest BCUT2D eigenvalue weighted by atomic mass is 10.1. The van der Waals surface area contributed by atoms with Crippen molar-refractivity contribution in [2.24, 2.45) is 7.05 Å². The summed E-state index contributed by atoms with van der Waals surface area (Å²) in [5.74, 6) is 0.782. The summed E-state index contributed by atoms with van der Waals surface area (Å²) in [4.78, 5) is 16.6. The highest BCUT2D eigenvalue weighted by molar-refractivity contribution is 5.88. The van der Waals surface area contributed by atoms with Gasteiger partial charge in [-0.05, 0) is 55.8 Å². The quantitative estimate of drug-likeness (QED) is 0.497. The summed E-state index contributed by atoms with van der Waals surface area (Å²) in [7, 11) is 3.58. The van der Waals surface area contributed by atoms with Gasteiger partial charge in [0.15, 0.2) is 0 Å². The first kappa shape index (κ1) is 20.5. The van der Waals surface area contributed by atoms with E-state index in [4.69, 9.17) is 9.47 Å². The molecule has 160 valence electrons. The number of benzene rings is 2. The number of imidazole rings is 1. The SMILES string of the molecule is CCn1nc(COC(=O)Nc2ccc3c(c2)ncn3C)cc1-c1ccc(C)cc1OC. The van der Waals surface area contributed by atoms with Crippen LogP contribution in [0.5, 0.6) is 5.75 Å². The summed E-state index contributed by atoms with van der Waals surface area (Å²) in [6, 6.07) is 13.5. The van der Waals surface area contributed by atoms with Crippen LogP contribution in [0.2, 0.25) is 0 Å². The van der Waals surface area contributed by atoms with Crippen molar-refractivity contribution in [2.45, 2.75) is 27.0 Å². The van der Waals surface area contributed by atoms with Crippen molar-refractivity contribution in [1.82, 2.24) is 19.3 Å². The van der Waals surface area contributed by atoms with Gasteiger partial charge in [-0.25, -0.2) is 9.78 Å². The molecule has 8 heteroatoms. The van der Waals surface area contributed by atoms with Crippen LogP contribution in [0.25, 0.3) is 22.3 Å². The van der Waals surface area contributed by atoms with Crippen molar-refractivity contribution >= 4 is 22.8 Å². The Kier molecular flexibility index (Phi) is 5.62. The number of anilines is 1. The lowest BCUT2D eigenvalue weighted by molar-refractivity contribution is 0.153. The van der Waals surface area contributed by atoms with Gasteiger partial charge in [-0.1, -0.05) is 6.07 Å². The van der Waals surface area contributed by atoms with Crippen LogP contribution in [0.4, 0.5) is 10.5 Å². The van der Waals surface area contributed by atoms with E-state index in [0.717, 1.165) is 33.6 Å². The van der Waals surface area contributed by atoms with Crippen LogP contribution in [-0.4, -0.2) is 32.5 Å². The van der Waals surface area contributed by atoms with Crippen molar-refractivity contribution in [3.8, 4) is 17.0 Å². The molecule has 0 fully saturated rings. The molecule has 0 saturated heterocycles. The van der Waals surface area contributed by atoms with Crippen LogP contribution < -0.4 is 10.1 Å². The van der Waals surface area contributed by atoms with E-state index < -0.39 is 6.09 Å². The predicted molar refractivity (Wildman–Crippen MR) is 119 cm³/mol. The first-order valence-electron chi connectivity index (χ1n) is 10.0. The molecule has 0 aliphatic heterocycles. The molecule has 0 aliphatic carbocycles. The van der Waals surface area contributed by atoms with Gasteiger partial charge in [0, 0.05) is 24.8 Å². The minimum atomic E-state index is -0.546. The Morgan fingerprint density at radius 3 is 2.77 bits per heavy atom. The third-order valence-electron chi connectivity index (χ3n) is 5.09. The molecule has 2 heterocycles. The van der Waals surface area contributed by atoms with Gasteiger partial charge < -0.3 is 14.0 Å². The number of nitrogens with one attached hydrogen (secondary N) is 1. The number of hydrogen-bond donors (Lipinski definition) is 1. The molecule has 2 aromatic carbocycles. The van der Waals surface area contributed by atoms with Crippen LogP contribution in [0.3, 0.4) is 0 Å². The Bertz CT molecular complexity index is 1240. The van der Waals surface area contributed by atoms with Gasteiger partial charge in [0.05, 0.1) is 30.2 Å². The number of rotatable bonds is 6. The summed E-state index contributed by atoms with van der Waals surface area (Å²) in [6.45, 7) is 4.78. The third-order valence-corrected chi connectivity index (χ3v) is 5.09. The Morgan fingerprint density at radius 2 is 2.00 bits per heavy atom. The second kappa shape index (κ2) is 8.51. The zero-order valence-corrected chi connectivity index (χ0v) is 18.0. The summed E-state index contributed by atoms with van der Waals surface area (Å²) in [6.07, 6.45) is 1.19. The van der Waals surface area contributed by atoms with Crippen LogP contribution in [0.15, 0.2) is 48.8 Å². The minimum absolute atomic E-state index is 0.0614. The van der Waals surface area contributed by atoms with Crippen LogP contribution >= 0.6 is 0 Å². The highest BCUT2D eigenvalue weighted by Crippen LogP contribution is 2.31. The molecule has 4 rings (SSSR count). The van der Waals surface area contributed by atoms with Crippen LogP contribution in [0.1, 0.15) is 18.2 Å². The zero-order valence-electron chi connectivity index (χ0n) is 18.0. The van der Waals surface area contributed by atoms with Gasteiger partial charge >= 0.3 is 6.09 Å². The maximum absolute atomic E-state index is 12.3. The Morgan fingerprint density at radius 1 is 1.16 bits per heavy atom. The minimum Gasteiger partial charge on any atom is -0.496 e. The number of amides is 1. The lowest BCUT2D eigenvalue weighted by Crippen LogP contribution is -2.13. The molecule has 4 aromatic rings. The highest BCUT2D eigenvalue weighted by Gasteiger charge is 2.15.